The SMILES string of the molecule is Oc1cccc2cc(C3CCCCC3)[nH]c12. The number of benzene rings is 1. The van der Waals surface area contributed by atoms with Gasteiger partial charge in [0.1, 0.15) is 5.75 Å². The van der Waals surface area contributed by atoms with Gasteiger partial charge in [0.25, 0.3) is 0 Å². The van der Waals surface area contributed by atoms with Crippen molar-refractivity contribution in [3.05, 3.63) is 30.0 Å². The standard InChI is InChI=1S/C14H17NO/c16-13-8-4-7-11-9-12(15-14(11)13)10-5-2-1-3-6-10/h4,7-10,15-16H,1-3,5-6H2. The maximum absolute atomic E-state index is 9.75. The lowest BCUT2D eigenvalue weighted by Crippen LogP contribution is -2.04. The second-order valence-electron chi connectivity index (χ2n) is 4.80. The van der Waals surface area contributed by atoms with E-state index in [-0.39, 0.29) is 0 Å². The van der Waals surface area contributed by atoms with Gasteiger partial charge in [0, 0.05) is 11.1 Å². The number of hydrogen-bond acceptors (Lipinski definition) is 1. The predicted molar refractivity (Wildman–Crippen MR) is 65.8 cm³/mol. The highest BCUT2D eigenvalue weighted by atomic mass is 16.3. The smallest absolute Gasteiger partial charge is 0.139 e. The summed E-state index contributed by atoms with van der Waals surface area (Å²) in [5.74, 6) is 1.03. The van der Waals surface area contributed by atoms with Crippen molar-refractivity contribution in [3.63, 3.8) is 0 Å². The lowest BCUT2D eigenvalue weighted by Gasteiger charge is -2.20. The molecule has 2 N–H and O–H groups in total. The van der Waals surface area contributed by atoms with Crippen molar-refractivity contribution in [2.45, 2.75) is 38.0 Å². The number of para-hydroxylation sites is 1. The van der Waals surface area contributed by atoms with Gasteiger partial charge < -0.3 is 10.1 Å². The van der Waals surface area contributed by atoms with E-state index in [1.165, 1.54) is 37.8 Å². The number of phenolic OH excluding ortho intramolecular Hbond substituents is 1. The Labute approximate surface area is 95.3 Å². The number of nitrogens with one attached hydrogen (secondary N) is 1. The molecule has 2 heteroatoms. The van der Waals surface area contributed by atoms with Crippen LogP contribution >= 0.6 is 0 Å². The van der Waals surface area contributed by atoms with Gasteiger partial charge >= 0.3 is 0 Å². The first-order valence-electron chi connectivity index (χ1n) is 6.15. The Bertz CT molecular complexity index is 494. The second-order valence-corrected chi connectivity index (χ2v) is 4.80. The lowest BCUT2D eigenvalue weighted by molar-refractivity contribution is 0.438. The molecule has 0 saturated heterocycles. The van der Waals surface area contributed by atoms with Gasteiger partial charge in [0.15, 0.2) is 0 Å². The number of hydrogen-bond donors (Lipinski definition) is 2. The minimum absolute atomic E-state index is 0.361. The van der Waals surface area contributed by atoms with Crippen molar-refractivity contribution >= 4 is 10.9 Å². The van der Waals surface area contributed by atoms with Gasteiger partial charge in [-0.3, -0.25) is 0 Å². The minimum atomic E-state index is 0.361. The monoisotopic (exact) mass is 215 g/mol. The number of phenols is 1. The number of rotatable bonds is 1. The third kappa shape index (κ3) is 1.58. The fourth-order valence-electron chi connectivity index (χ4n) is 2.80. The Morgan fingerprint density at radius 2 is 1.94 bits per heavy atom. The molecule has 1 fully saturated rings. The molecule has 0 unspecified atom stereocenters. The molecule has 2 nitrogen and oxygen atoms in total. The molecule has 1 aliphatic carbocycles. The molecule has 2 aromatic rings. The summed E-state index contributed by atoms with van der Waals surface area (Å²) in [6.07, 6.45) is 6.63. The van der Waals surface area contributed by atoms with Crippen LogP contribution in [-0.4, -0.2) is 10.1 Å². The molecule has 16 heavy (non-hydrogen) atoms. The maximum Gasteiger partial charge on any atom is 0.139 e. The zero-order valence-electron chi connectivity index (χ0n) is 9.37. The largest absolute Gasteiger partial charge is 0.506 e. The number of aromatic amines is 1. The van der Waals surface area contributed by atoms with Gasteiger partial charge in [-0.1, -0.05) is 31.4 Å². The lowest BCUT2D eigenvalue weighted by atomic mass is 9.87. The highest BCUT2D eigenvalue weighted by Gasteiger charge is 2.17. The van der Waals surface area contributed by atoms with Crippen LogP contribution in [0, 0.1) is 0 Å². The van der Waals surface area contributed by atoms with Crippen molar-refractivity contribution in [3.8, 4) is 5.75 Å². The normalized spacial score (nSPS) is 18.0. The van der Waals surface area contributed by atoms with Crippen LogP contribution in [0.25, 0.3) is 10.9 Å². The topological polar surface area (TPSA) is 36.0 Å². The summed E-state index contributed by atoms with van der Waals surface area (Å²) >= 11 is 0. The molecule has 1 aromatic carbocycles. The Hall–Kier alpha value is -1.44. The highest BCUT2D eigenvalue weighted by molar-refractivity contribution is 5.85. The molecular weight excluding hydrogens is 198 g/mol. The summed E-state index contributed by atoms with van der Waals surface area (Å²) in [5, 5.41) is 10.9. The Morgan fingerprint density at radius 3 is 2.69 bits per heavy atom. The van der Waals surface area contributed by atoms with Crippen LogP contribution in [0.2, 0.25) is 0 Å². The Balaban J connectivity index is 2.01. The summed E-state index contributed by atoms with van der Waals surface area (Å²) in [5.41, 5.74) is 2.19. The maximum atomic E-state index is 9.75. The van der Waals surface area contributed by atoms with Crippen molar-refractivity contribution in [1.82, 2.24) is 4.98 Å². The van der Waals surface area contributed by atoms with E-state index in [4.69, 9.17) is 0 Å². The van der Waals surface area contributed by atoms with Crippen molar-refractivity contribution in [2.24, 2.45) is 0 Å². The van der Waals surface area contributed by atoms with Crippen LogP contribution in [0.1, 0.15) is 43.7 Å². The van der Waals surface area contributed by atoms with Crippen LogP contribution in [0.15, 0.2) is 24.3 Å². The van der Waals surface area contributed by atoms with Crippen molar-refractivity contribution < 1.29 is 5.11 Å². The quantitative estimate of drug-likeness (QED) is 0.743. The molecule has 1 aromatic heterocycles. The minimum Gasteiger partial charge on any atom is -0.506 e. The van der Waals surface area contributed by atoms with Gasteiger partial charge in [-0.15, -0.1) is 0 Å². The summed E-state index contributed by atoms with van der Waals surface area (Å²) in [7, 11) is 0. The number of H-pyrrole nitrogens is 1. The van der Waals surface area contributed by atoms with E-state index in [1.807, 2.05) is 6.07 Å². The third-order valence-electron chi connectivity index (χ3n) is 3.70. The Kier molecular flexibility index (Phi) is 2.35. The average Bonchev–Trinajstić information content (AvgIpc) is 2.76. The zero-order valence-corrected chi connectivity index (χ0v) is 9.37. The fraction of sp³-hybridized carbons (Fsp3) is 0.429. The predicted octanol–water partition coefficient (Wildman–Crippen LogP) is 3.92. The van der Waals surface area contributed by atoms with Crippen molar-refractivity contribution in [1.29, 1.82) is 0 Å². The second kappa shape index (κ2) is 3.85. The van der Waals surface area contributed by atoms with E-state index in [9.17, 15) is 5.11 Å². The first-order valence-corrected chi connectivity index (χ1v) is 6.15. The molecule has 0 radical (unpaired) electrons. The van der Waals surface area contributed by atoms with Crippen LogP contribution in [0.5, 0.6) is 5.75 Å². The fourth-order valence-corrected chi connectivity index (χ4v) is 2.80. The van der Waals surface area contributed by atoms with E-state index in [2.05, 4.69) is 17.1 Å². The summed E-state index contributed by atoms with van der Waals surface area (Å²) in [6.45, 7) is 0. The van der Waals surface area contributed by atoms with Crippen LogP contribution in [0.3, 0.4) is 0 Å². The zero-order chi connectivity index (χ0) is 11.0. The molecule has 0 amide bonds. The highest BCUT2D eigenvalue weighted by Crippen LogP contribution is 2.35. The molecule has 84 valence electrons. The molecule has 0 spiro atoms. The average molecular weight is 215 g/mol. The molecular formula is C14H17NO. The van der Waals surface area contributed by atoms with E-state index >= 15 is 0 Å². The summed E-state index contributed by atoms with van der Waals surface area (Å²) in [4.78, 5) is 3.38. The van der Waals surface area contributed by atoms with Gasteiger partial charge in [0.05, 0.1) is 5.52 Å². The molecule has 3 rings (SSSR count). The number of fused-ring (bicyclic) bond motifs is 1. The van der Waals surface area contributed by atoms with Gasteiger partial charge in [-0.05, 0) is 30.9 Å². The van der Waals surface area contributed by atoms with Crippen LogP contribution in [-0.2, 0) is 0 Å². The number of aromatic nitrogens is 1. The number of aromatic hydroxyl groups is 1. The molecule has 1 heterocycles. The van der Waals surface area contributed by atoms with E-state index in [0.717, 1.165) is 10.9 Å². The summed E-state index contributed by atoms with van der Waals surface area (Å²) in [6, 6.07) is 7.89. The van der Waals surface area contributed by atoms with Crippen LogP contribution < -0.4 is 0 Å². The van der Waals surface area contributed by atoms with Gasteiger partial charge in [0.2, 0.25) is 0 Å². The van der Waals surface area contributed by atoms with E-state index in [0.29, 0.717) is 11.7 Å². The first kappa shape index (κ1) is 9.76. The van der Waals surface area contributed by atoms with Crippen molar-refractivity contribution in [2.75, 3.05) is 0 Å². The van der Waals surface area contributed by atoms with Crippen LogP contribution in [0.4, 0.5) is 0 Å². The van der Waals surface area contributed by atoms with Gasteiger partial charge in [-0.25, -0.2) is 0 Å². The molecule has 0 aliphatic heterocycles. The summed E-state index contributed by atoms with van der Waals surface area (Å²) < 4.78 is 0. The third-order valence-corrected chi connectivity index (χ3v) is 3.70. The molecule has 0 atom stereocenters. The van der Waals surface area contributed by atoms with Gasteiger partial charge in [-0.2, -0.15) is 0 Å². The first-order chi connectivity index (χ1) is 7.84. The molecule has 1 saturated carbocycles. The molecule has 1 aliphatic rings. The van der Waals surface area contributed by atoms with E-state index < -0.39 is 0 Å². The van der Waals surface area contributed by atoms with E-state index in [1.54, 1.807) is 6.07 Å². The Morgan fingerprint density at radius 1 is 1.12 bits per heavy atom. The molecule has 0 bridgehead atoms.